The fourth-order valence-corrected chi connectivity index (χ4v) is 2.05. The topological polar surface area (TPSA) is 75.8 Å². The molecule has 2 rings (SSSR count). The van der Waals surface area contributed by atoms with Gasteiger partial charge in [0, 0.05) is 31.7 Å². The van der Waals surface area contributed by atoms with Gasteiger partial charge in [0.1, 0.15) is 6.61 Å². The predicted molar refractivity (Wildman–Crippen MR) is 66.8 cm³/mol. The largest absolute Gasteiger partial charge is 0.445 e. The minimum absolute atomic E-state index is 0.00360. The first-order valence-corrected chi connectivity index (χ1v) is 6.02. The molecule has 1 aliphatic heterocycles. The second-order valence-corrected chi connectivity index (χ2v) is 4.55. The van der Waals surface area contributed by atoms with Crippen LogP contribution >= 0.6 is 0 Å². The van der Waals surface area contributed by atoms with Crippen molar-refractivity contribution in [3.8, 4) is 0 Å². The van der Waals surface area contributed by atoms with Gasteiger partial charge in [0.05, 0.1) is 0 Å². The summed E-state index contributed by atoms with van der Waals surface area (Å²) in [5.41, 5.74) is 6.77. The van der Waals surface area contributed by atoms with Gasteiger partial charge in [-0.25, -0.2) is 4.79 Å². The first-order chi connectivity index (χ1) is 8.70. The summed E-state index contributed by atoms with van der Waals surface area (Å²) >= 11 is 0. The summed E-state index contributed by atoms with van der Waals surface area (Å²) in [5, 5.41) is 9.09. The molecular weight excluding hydrogens is 232 g/mol. The molecule has 0 radical (unpaired) electrons. The van der Waals surface area contributed by atoms with Gasteiger partial charge in [-0.05, 0) is 5.56 Å². The van der Waals surface area contributed by atoms with Crippen LogP contribution in [0.3, 0.4) is 0 Å². The Hall–Kier alpha value is -1.59. The lowest BCUT2D eigenvalue weighted by Gasteiger charge is -2.15. The van der Waals surface area contributed by atoms with Crippen LogP contribution in [0.25, 0.3) is 0 Å². The molecule has 1 amide bonds. The molecule has 1 fully saturated rings. The molecule has 5 heteroatoms. The van der Waals surface area contributed by atoms with Crippen molar-refractivity contribution >= 4 is 6.09 Å². The number of carbonyl (C=O) groups is 1. The second kappa shape index (κ2) is 5.84. The maximum atomic E-state index is 11.8. The number of likely N-dealkylation sites (tertiary alicyclic amines) is 1. The number of amides is 1. The van der Waals surface area contributed by atoms with Crippen LogP contribution < -0.4 is 5.73 Å². The first-order valence-electron chi connectivity index (χ1n) is 6.02. The number of aliphatic hydroxyl groups excluding tert-OH is 1. The van der Waals surface area contributed by atoms with E-state index in [1.807, 2.05) is 30.3 Å². The number of nitrogens with two attached hydrogens (primary N) is 1. The van der Waals surface area contributed by atoms with Crippen molar-refractivity contribution in [2.24, 2.45) is 11.7 Å². The highest BCUT2D eigenvalue weighted by Crippen LogP contribution is 2.16. The van der Waals surface area contributed by atoms with Crippen LogP contribution in [-0.4, -0.2) is 41.8 Å². The Morgan fingerprint density at radius 1 is 1.39 bits per heavy atom. The molecule has 2 atom stereocenters. The van der Waals surface area contributed by atoms with Gasteiger partial charge < -0.3 is 20.5 Å². The molecule has 1 aromatic rings. The highest BCUT2D eigenvalue weighted by molar-refractivity contribution is 5.68. The van der Waals surface area contributed by atoms with Crippen molar-refractivity contribution < 1.29 is 14.6 Å². The van der Waals surface area contributed by atoms with E-state index in [1.165, 1.54) is 0 Å². The third-order valence-corrected chi connectivity index (χ3v) is 3.19. The van der Waals surface area contributed by atoms with Crippen LogP contribution in [0.1, 0.15) is 5.56 Å². The molecule has 0 aliphatic carbocycles. The number of aliphatic hydroxyl groups is 1. The summed E-state index contributed by atoms with van der Waals surface area (Å²) in [6.45, 7) is 1.17. The van der Waals surface area contributed by atoms with Gasteiger partial charge in [-0.2, -0.15) is 0 Å². The number of rotatable bonds is 3. The fraction of sp³-hybridized carbons (Fsp3) is 0.462. The molecular formula is C13H18N2O3. The molecule has 5 nitrogen and oxygen atoms in total. The van der Waals surface area contributed by atoms with Crippen molar-refractivity contribution in [3.05, 3.63) is 35.9 Å². The molecule has 98 valence electrons. The SMILES string of the molecule is N[C@H]1CN(C(=O)OCc2ccccc2)C[C@H]1CO. The quantitative estimate of drug-likeness (QED) is 0.822. The number of hydrogen-bond donors (Lipinski definition) is 2. The van der Waals surface area contributed by atoms with Gasteiger partial charge in [-0.15, -0.1) is 0 Å². The third kappa shape index (κ3) is 3.00. The standard InChI is InChI=1S/C13H18N2O3/c14-12-7-15(6-11(12)8-16)13(17)18-9-10-4-2-1-3-5-10/h1-5,11-12,16H,6-9,14H2/t11-,12-/m0/s1. The maximum absolute atomic E-state index is 11.8. The third-order valence-electron chi connectivity index (χ3n) is 3.19. The van der Waals surface area contributed by atoms with Crippen molar-refractivity contribution in [1.29, 1.82) is 0 Å². The zero-order valence-corrected chi connectivity index (χ0v) is 10.2. The number of ether oxygens (including phenoxy) is 1. The van der Waals surface area contributed by atoms with Crippen molar-refractivity contribution in [3.63, 3.8) is 0 Å². The van der Waals surface area contributed by atoms with Gasteiger partial charge in [0.15, 0.2) is 0 Å². The zero-order chi connectivity index (χ0) is 13.0. The van der Waals surface area contributed by atoms with Gasteiger partial charge in [0.25, 0.3) is 0 Å². The monoisotopic (exact) mass is 250 g/mol. The Morgan fingerprint density at radius 2 is 2.11 bits per heavy atom. The van der Waals surface area contributed by atoms with E-state index in [4.69, 9.17) is 15.6 Å². The van der Waals surface area contributed by atoms with Crippen molar-refractivity contribution in [2.75, 3.05) is 19.7 Å². The van der Waals surface area contributed by atoms with Crippen LogP contribution in [0.2, 0.25) is 0 Å². The Bertz CT molecular complexity index is 396. The molecule has 0 saturated carbocycles. The summed E-state index contributed by atoms with van der Waals surface area (Å²) in [5.74, 6) is -0.0470. The Morgan fingerprint density at radius 3 is 2.72 bits per heavy atom. The van der Waals surface area contributed by atoms with E-state index in [0.29, 0.717) is 13.1 Å². The van der Waals surface area contributed by atoms with E-state index in [1.54, 1.807) is 4.90 Å². The zero-order valence-electron chi connectivity index (χ0n) is 10.2. The number of nitrogens with zero attached hydrogens (tertiary/aromatic N) is 1. The van der Waals surface area contributed by atoms with E-state index >= 15 is 0 Å². The molecule has 3 N–H and O–H groups in total. The van der Waals surface area contributed by atoms with Crippen LogP contribution in [0.4, 0.5) is 4.79 Å². The van der Waals surface area contributed by atoms with Crippen LogP contribution in [0.15, 0.2) is 30.3 Å². The average Bonchev–Trinajstić information content (AvgIpc) is 2.78. The first kappa shape index (κ1) is 12.9. The highest BCUT2D eigenvalue weighted by Gasteiger charge is 2.33. The van der Waals surface area contributed by atoms with Crippen LogP contribution in [0.5, 0.6) is 0 Å². The normalized spacial score (nSPS) is 23.1. The second-order valence-electron chi connectivity index (χ2n) is 4.55. The minimum Gasteiger partial charge on any atom is -0.445 e. The van der Waals surface area contributed by atoms with E-state index < -0.39 is 0 Å². The van der Waals surface area contributed by atoms with E-state index in [0.717, 1.165) is 5.56 Å². The van der Waals surface area contributed by atoms with E-state index in [2.05, 4.69) is 0 Å². The summed E-state index contributed by atoms with van der Waals surface area (Å²) in [7, 11) is 0. The van der Waals surface area contributed by atoms with Gasteiger partial charge in [0.2, 0.25) is 0 Å². The molecule has 0 aromatic heterocycles. The lowest BCUT2D eigenvalue weighted by molar-refractivity contribution is 0.101. The summed E-state index contributed by atoms with van der Waals surface area (Å²) in [6.07, 6.45) is -0.370. The van der Waals surface area contributed by atoms with Gasteiger partial charge in [-0.3, -0.25) is 0 Å². The Kier molecular flexibility index (Phi) is 4.17. The average molecular weight is 250 g/mol. The van der Waals surface area contributed by atoms with Crippen LogP contribution in [-0.2, 0) is 11.3 Å². The Balaban J connectivity index is 1.82. The van der Waals surface area contributed by atoms with E-state index in [9.17, 15) is 4.79 Å². The number of carbonyl (C=O) groups excluding carboxylic acids is 1. The van der Waals surface area contributed by atoms with Gasteiger partial charge in [-0.1, -0.05) is 30.3 Å². The van der Waals surface area contributed by atoms with Crippen molar-refractivity contribution in [1.82, 2.24) is 4.90 Å². The predicted octanol–water partition coefficient (Wildman–Crippen LogP) is 0.575. The maximum Gasteiger partial charge on any atom is 0.410 e. The highest BCUT2D eigenvalue weighted by atomic mass is 16.6. The fourth-order valence-electron chi connectivity index (χ4n) is 2.05. The molecule has 1 heterocycles. The van der Waals surface area contributed by atoms with Gasteiger partial charge >= 0.3 is 6.09 Å². The van der Waals surface area contributed by atoms with E-state index in [-0.39, 0.29) is 31.3 Å². The molecule has 0 spiro atoms. The smallest absolute Gasteiger partial charge is 0.410 e. The molecule has 1 aliphatic rings. The Labute approximate surface area is 106 Å². The van der Waals surface area contributed by atoms with Crippen molar-refractivity contribution in [2.45, 2.75) is 12.6 Å². The molecule has 0 bridgehead atoms. The summed E-state index contributed by atoms with van der Waals surface area (Å²) in [6, 6.07) is 9.35. The molecule has 1 aromatic carbocycles. The lowest BCUT2D eigenvalue weighted by Crippen LogP contribution is -2.33. The number of benzene rings is 1. The molecule has 1 saturated heterocycles. The summed E-state index contributed by atoms with van der Waals surface area (Å²) < 4.78 is 5.20. The van der Waals surface area contributed by atoms with Crippen LogP contribution in [0, 0.1) is 5.92 Å². The summed E-state index contributed by atoms with van der Waals surface area (Å²) in [4.78, 5) is 13.3. The number of hydrogen-bond acceptors (Lipinski definition) is 4. The molecule has 18 heavy (non-hydrogen) atoms. The molecule has 0 unspecified atom stereocenters. The minimum atomic E-state index is -0.370. The lowest BCUT2D eigenvalue weighted by atomic mass is 10.1.